The lowest BCUT2D eigenvalue weighted by atomic mass is 10.1. The van der Waals surface area contributed by atoms with Crippen LogP contribution in [0.5, 0.6) is 11.5 Å². The molecule has 3 heterocycles. The van der Waals surface area contributed by atoms with E-state index in [-0.39, 0.29) is 12.6 Å². The Labute approximate surface area is 203 Å². The number of carbonyl (C=O) groups excluding carboxylic acids is 1. The molecule has 0 saturated carbocycles. The minimum absolute atomic E-state index is 0.352. The van der Waals surface area contributed by atoms with E-state index in [1.165, 1.54) is 4.57 Å². The number of nitrogens with zero attached hydrogens (tertiary/aromatic N) is 4. The molecule has 0 spiro atoms. The fraction of sp³-hybridized carbons (Fsp3) is 0.520. The summed E-state index contributed by atoms with van der Waals surface area (Å²) in [6, 6.07) is 5.16. The molecule has 10 heteroatoms. The van der Waals surface area contributed by atoms with Crippen LogP contribution in [0.4, 0.5) is 0 Å². The average Bonchev–Trinajstić information content (AvgIpc) is 3.28. The van der Waals surface area contributed by atoms with Crippen molar-refractivity contribution in [1.29, 1.82) is 0 Å². The first kappa shape index (κ1) is 24.6. The van der Waals surface area contributed by atoms with Crippen molar-refractivity contribution in [3.05, 3.63) is 50.9 Å². The molecule has 1 aromatic carbocycles. The number of ether oxygens (including phenoxy) is 2. The Morgan fingerprint density at radius 2 is 1.77 bits per heavy atom. The number of aromatic nitrogens is 4. The number of carbonyl (C=O) groups is 1. The highest BCUT2D eigenvalue weighted by atomic mass is 16.6. The van der Waals surface area contributed by atoms with E-state index in [4.69, 9.17) is 9.47 Å². The summed E-state index contributed by atoms with van der Waals surface area (Å²) in [5.41, 5.74) is 0.573. The van der Waals surface area contributed by atoms with Gasteiger partial charge in [0, 0.05) is 13.1 Å². The molecule has 2 aromatic heterocycles. The molecule has 0 saturated heterocycles. The van der Waals surface area contributed by atoms with Crippen molar-refractivity contribution in [3.63, 3.8) is 0 Å². The van der Waals surface area contributed by atoms with E-state index < -0.39 is 17.2 Å². The second-order valence-corrected chi connectivity index (χ2v) is 8.84. The molecule has 1 unspecified atom stereocenters. The van der Waals surface area contributed by atoms with Crippen molar-refractivity contribution >= 4 is 17.1 Å². The number of unbranched alkanes of at least 4 members (excludes halogenated alkanes) is 2. The lowest BCUT2D eigenvalue weighted by Gasteiger charge is -2.21. The van der Waals surface area contributed by atoms with Crippen LogP contribution in [-0.2, 0) is 24.4 Å². The zero-order valence-electron chi connectivity index (χ0n) is 20.6. The van der Waals surface area contributed by atoms with Crippen LogP contribution in [0.2, 0.25) is 0 Å². The quantitative estimate of drug-likeness (QED) is 0.475. The second-order valence-electron chi connectivity index (χ2n) is 8.84. The van der Waals surface area contributed by atoms with Gasteiger partial charge >= 0.3 is 5.69 Å². The van der Waals surface area contributed by atoms with Gasteiger partial charge < -0.3 is 19.4 Å². The number of rotatable bonds is 10. The zero-order chi connectivity index (χ0) is 24.9. The third-order valence-electron chi connectivity index (χ3n) is 6.22. The van der Waals surface area contributed by atoms with Gasteiger partial charge in [0.1, 0.15) is 19.8 Å². The fourth-order valence-corrected chi connectivity index (χ4v) is 4.24. The first-order chi connectivity index (χ1) is 16.9. The minimum atomic E-state index is -0.515. The third kappa shape index (κ3) is 5.11. The van der Waals surface area contributed by atoms with E-state index in [1.807, 2.05) is 32.0 Å². The van der Waals surface area contributed by atoms with Gasteiger partial charge in [0.2, 0.25) is 5.91 Å². The molecule has 0 radical (unpaired) electrons. The van der Waals surface area contributed by atoms with Crippen LogP contribution in [0.3, 0.4) is 0 Å². The number of aryl methyl sites for hydroxylation is 2. The minimum Gasteiger partial charge on any atom is -0.486 e. The maximum absolute atomic E-state index is 13.4. The van der Waals surface area contributed by atoms with E-state index in [0.717, 1.165) is 35.8 Å². The van der Waals surface area contributed by atoms with Crippen LogP contribution in [0.15, 0.2) is 34.1 Å². The smallest absolute Gasteiger partial charge is 0.333 e. The maximum Gasteiger partial charge on any atom is 0.333 e. The Kier molecular flexibility index (Phi) is 7.57. The standard InChI is InChI=1S/C25H33N5O5/c1-4-6-10-28-16-26-23-22(28)24(32)30(25(33)29(23)11-7-5-2)15-21(31)27-17(3)18-8-9-19-20(14-18)35-13-12-34-19/h8-9,14,16-17H,4-7,10-13,15H2,1-3H3,(H,27,31). The molecule has 188 valence electrons. The second kappa shape index (κ2) is 10.8. The van der Waals surface area contributed by atoms with Crippen molar-refractivity contribution in [3.8, 4) is 11.5 Å². The summed E-state index contributed by atoms with van der Waals surface area (Å²) in [6.45, 7) is 7.62. The predicted molar refractivity (Wildman–Crippen MR) is 132 cm³/mol. The molecule has 0 fully saturated rings. The van der Waals surface area contributed by atoms with E-state index in [0.29, 0.717) is 49.0 Å². The van der Waals surface area contributed by atoms with Crippen LogP contribution in [0.25, 0.3) is 11.2 Å². The van der Waals surface area contributed by atoms with E-state index in [1.54, 1.807) is 10.9 Å². The molecule has 0 aliphatic carbocycles. The summed E-state index contributed by atoms with van der Waals surface area (Å²) in [4.78, 5) is 43.9. The van der Waals surface area contributed by atoms with Crippen molar-refractivity contribution < 1.29 is 14.3 Å². The summed E-state index contributed by atoms with van der Waals surface area (Å²) in [5, 5.41) is 2.89. The van der Waals surface area contributed by atoms with Crippen LogP contribution in [0, 0.1) is 0 Å². The Bertz CT molecular complexity index is 1320. The largest absolute Gasteiger partial charge is 0.486 e. The summed E-state index contributed by atoms with van der Waals surface area (Å²) < 4.78 is 15.5. The van der Waals surface area contributed by atoms with Gasteiger partial charge in [-0.2, -0.15) is 0 Å². The van der Waals surface area contributed by atoms with Gasteiger partial charge in [-0.15, -0.1) is 0 Å². The maximum atomic E-state index is 13.4. The van der Waals surface area contributed by atoms with Crippen molar-refractivity contribution in [2.45, 2.75) is 72.1 Å². The molecular weight excluding hydrogens is 450 g/mol. The first-order valence-electron chi connectivity index (χ1n) is 12.3. The number of fused-ring (bicyclic) bond motifs is 2. The Balaban J connectivity index is 1.61. The number of amides is 1. The number of hydrogen-bond acceptors (Lipinski definition) is 6. The van der Waals surface area contributed by atoms with E-state index >= 15 is 0 Å². The Morgan fingerprint density at radius 3 is 2.51 bits per heavy atom. The zero-order valence-corrected chi connectivity index (χ0v) is 20.6. The molecule has 0 bridgehead atoms. The van der Waals surface area contributed by atoms with Crippen molar-refractivity contribution in [2.75, 3.05) is 13.2 Å². The summed E-state index contributed by atoms with van der Waals surface area (Å²) in [6.07, 6.45) is 5.10. The highest BCUT2D eigenvalue weighted by Gasteiger charge is 2.21. The molecular formula is C25H33N5O5. The Morgan fingerprint density at radius 1 is 1.06 bits per heavy atom. The molecule has 1 amide bonds. The molecule has 1 N–H and O–H groups in total. The summed E-state index contributed by atoms with van der Waals surface area (Å²) in [5.74, 6) is 0.883. The third-order valence-corrected chi connectivity index (χ3v) is 6.22. The van der Waals surface area contributed by atoms with Crippen LogP contribution in [0.1, 0.15) is 58.1 Å². The van der Waals surface area contributed by atoms with Gasteiger partial charge in [-0.25, -0.2) is 14.3 Å². The first-order valence-corrected chi connectivity index (χ1v) is 12.3. The summed E-state index contributed by atoms with van der Waals surface area (Å²) in [7, 11) is 0. The van der Waals surface area contributed by atoms with Crippen molar-refractivity contribution in [2.24, 2.45) is 0 Å². The molecule has 4 rings (SSSR count). The van der Waals surface area contributed by atoms with Crippen molar-refractivity contribution in [1.82, 2.24) is 24.0 Å². The predicted octanol–water partition coefficient (Wildman–Crippen LogP) is 2.61. The number of imidazole rings is 1. The fourth-order valence-electron chi connectivity index (χ4n) is 4.24. The monoisotopic (exact) mass is 483 g/mol. The molecule has 1 atom stereocenters. The van der Waals surface area contributed by atoms with Gasteiger partial charge in [-0.05, 0) is 37.5 Å². The number of benzene rings is 1. The van der Waals surface area contributed by atoms with Crippen LogP contribution >= 0.6 is 0 Å². The van der Waals surface area contributed by atoms with Crippen LogP contribution < -0.4 is 26.0 Å². The Hall–Kier alpha value is -3.56. The average molecular weight is 484 g/mol. The van der Waals surface area contributed by atoms with E-state index in [9.17, 15) is 14.4 Å². The van der Waals surface area contributed by atoms with E-state index in [2.05, 4.69) is 17.2 Å². The normalized spacial score (nSPS) is 13.7. The molecule has 35 heavy (non-hydrogen) atoms. The van der Waals surface area contributed by atoms with Gasteiger partial charge in [0.05, 0.1) is 12.4 Å². The SMILES string of the molecule is CCCCn1cnc2c1c(=O)n(CC(=O)NC(C)c1ccc3c(c1)OCCO3)c(=O)n2CCCC. The van der Waals surface area contributed by atoms with Gasteiger partial charge in [0.25, 0.3) is 5.56 Å². The van der Waals surface area contributed by atoms with Gasteiger partial charge in [-0.1, -0.05) is 32.8 Å². The number of nitrogens with one attached hydrogen (secondary N) is 1. The van der Waals surface area contributed by atoms with Gasteiger partial charge in [-0.3, -0.25) is 14.2 Å². The lowest BCUT2D eigenvalue weighted by molar-refractivity contribution is -0.122. The molecule has 1 aliphatic rings. The highest BCUT2D eigenvalue weighted by Crippen LogP contribution is 2.32. The van der Waals surface area contributed by atoms with Crippen LogP contribution in [-0.4, -0.2) is 37.8 Å². The topological polar surface area (TPSA) is 109 Å². The summed E-state index contributed by atoms with van der Waals surface area (Å²) >= 11 is 0. The van der Waals surface area contributed by atoms with Gasteiger partial charge in [0.15, 0.2) is 22.7 Å². The highest BCUT2D eigenvalue weighted by molar-refractivity contribution is 5.77. The molecule has 10 nitrogen and oxygen atoms in total. The lowest BCUT2D eigenvalue weighted by Crippen LogP contribution is -2.44. The molecule has 3 aromatic rings. The number of hydrogen-bond donors (Lipinski definition) is 1. The molecule has 1 aliphatic heterocycles.